The number of nitrogens with one attached hydrogen (secondary N) is 1. The van der Waals surface area contributed by atoms with Crippen molar-refractivity contribution in [3.8, 4) is 11.5 Å². The van der Waals surface area contributed by atoms with E-state index in [-0.39, 0.29) is 5.56 Å². The molecule has 2 N–H and O–H groups in total. The number of pyridine rings is 2. The van der Waals surface area contributed by atoms with Crippen LogP contribution in [0, 0.1) is 0 Å². The molecule has 4 rings (SSSR count). The molecule has 0 saturated carbocycles. The van der Waals surface area contributed by atoms with Gasteiger partial charge in [-0.3, -0.25) is 4.98 Å². The van der Waals surface area contributed by atoms with Crippen LogP contribution in [0.25, 0.3) is 10.9 Å². The second-order valence-corrected chi connectivity index (χ2v) is 6.71. The Labute approximate surface area is 171 Å². The summed E-state index contributed by atoms with van der Waals surface area (Å²) in [6, 6.07) is 17.4. The molecule has 0 aliphatic heterocycles. The van der Waals surface area contributed by atoms with Crippen LogP contribution in [0.2, 0.25) is 5.02 Å². The van der Waals surface area contributed by atoms with Gasteiger partial charge in [0.2, 0.25) is 0 Å². The van der Waals surface area contributed by atoms with Gasteiger partial charge in [-0.25, -0.2) is 9.78 Å². The summed E-state index contributed by atoms with van der Waals surface area (Å²) in [6.07, 6.45) is 3.36. The molecular weight excluding hydrogens is 390 g/mol. The van der Waals surface area contributed by atoms with Gasteiger partial charge in [-0.2, -0.15) is 0 Å². The minimum atomic E-state index is -0.949. The van der Waals surface area contributed by atoms with E-state index in [1.165, 1.54) is 0 Å². The van der Waals surface area contributed by atoms with E-state index in [1.807, 2.05) is 6.07 Å². The van der Waals surface area contributed by atoms with Gasteiger partial charge in [-0.15, -0.1) is 0 Å². The van der Waals surface area contributed by atoms with E-state index < -0.39 is 5.97 Å². The summed E-state index contributed by atoms with van der Waals surface area (Å²) in [6.45, 7) is 0.474. The summed E-state index contributed by atoms with van der Waals surface area (Å²) in [4.78, 5) is 19.8. The van der Waals surface area contributed by atoms with Crippen molar-refractivity contribution < 1.29 is 14.6 Å². The molecule has 29 heavy (non-hydrogen) atoms. The first-order valence-electron chi connectivity index (χ1n) is 8.83. The molecule has 0 radical (unpaired) electrons. The van der Waals surface area contributed by atoms with Gasteiger partial charge >= 0.3 is 5.97 Å². The zero-order chi connectivity index (χ0) is 20.2. The molecule has 2 heterocycles. The lowest BCUT2D eigenvalue weighted by Crippen LogP contribution is -2.04. The van der Waals surface area contributed by atoms with E-state index in [2.05, 4.69) is 15.3 Å². The molecule has 0 bridgehead atoms. The van der Waals surface area contributed by atoms with Gasteiger partial charge in [0.1, 0.15) is 17.3 Å². The molecule has 0 unspecified atom stereocenters. The van der Waals surface area contributed by atoms with Crippen molar-refractivity contribution in [2.75, 3.05) is 5.32 Å². The van der Waals surface area contributed by atoms with E-state index in [1.54, 1.807) is 67.0 Å². The Morgan fingerprint density at radius 2 is 1.69 bits per heavy atom. The summed E-state index contributed by atoms with van der Waals surface area (Å²) < 4.78 is 6.04. The number of hydrogen-bond donors (Lipinski definition) is 2. The lowest BCUT2D eigenvalue weighted by atomic mass is 10.1. The molecule has 0 atom stereocenters. The van der Waals surface area contributed by atoms with E-state index in [9.17, 15) is 4.79 Å². The zero-order valence-electron chi connectivity index (χ0n) is 15.2. The van der Waals surface area contributed by atoms with E-state index >= 15 is 0 Å². The predicted octanol–water partition coefficient (Wildman–Crippen LogP) is 5.39. The highest BCUT2D eigenvalue weighted by atomic mass is 35.5. The first kappa shape index (κ1) is 18.7. The Morgan fingerprint density at radius 3 is 2.41 bits per heavy atom. The summed E-state index contributed by atoms with van der Waals surface area (Å²) in [5.41, 5.74) is 1.92. The molecule has 4 aromatic rings. The first-order chi connectivity index (χ1) is 14.1. The Bertz CT molecular complexity index is 1160. The van der Waals surface area contributed by atoms with E-state index in [4.69, 9.17) is 21.4 Å². The van der Waals surface area contributed by atoms with Crippen LogP contribution in [0.15, 0.2) is 73.1 Å². The Hall–Kier alpha value is -3.64. The van der Waals surface area contributed by atoms with E-state index in [0.29, 0.717) is 28.9 Å². The van der Waals surface area contributed by atoms with Gasteiger partial charge in [-0.05, 0) is 54.1 Å². The molecule has 0 amide bonds. The van der Waals surface area contributed by atoms with Gasteiger partial charge in [-0.1, -0.05) is 23.7 Å². The summed E-state index contributed by atoms with van der Waals surface area (Å²) in [7, 11) is 0. The van der Waals surface area contributed by atoms with Crippen LogP contribution in [0.1, 0.15) is 15.9 Å². The summed E-state index contributed by atoms with van der Waals surface area (Å²) >= 11 is 5.94. The van der Waals surface area contributed by atoms with Gasteiger partial charge in [0.25, 0.3) is 0 Å². The minimum Gasteiger partial charge on any atom is -0.478 e. The fourth-order valence-corrected chi connectivity index (χ4v) is 3.00. The maximum Gasteiger partial charge on any atom is 0.335 e. The zero-order valence-corrected chi connectivity index (χ0v) is 15.9. The number of rotatable bonds is 6. The highest BCUT2D eigenvalue weighted by Crippen LogP contribution is 2.33. The minimum absolute atomic E-state index is 0.250. The molecule has 2 aromatic carbocycles. The number of anilines is 1. The molecule has 0 saturated heterocycles. The van der Waals surface area contributed by atoms with E-state index in [0.717, 1.165) is 16.5 Å². The van der Waals surface area contributed by atoms with Crippen molar-refractivity contribution in [1.29, 1.82) is 0 Å². The Morgan fingerprint density at radius 1 is 0.966 bits per heavy atom. The monoisotopic (exact) mass is 405 g/mol. The van der Waals surface area contributed by atoms with Crippen LogP contribution < -0.4 is 10.1 Å². The second-order valence-electron chi connectivity index (χ2n) is 6.27. The molecule has 2 aromatic heterocycles. The molecule has 6 nitrogen and oxygen atoms in total. The predicted molar refractivity (Wildman–Crippen MR) is 112 cm³/mol. The fourth-order valence-electron chi connectivity index (χ4n) is 2.87. The smallest absolute Gasteiger partial charge is 0.335 e. The Kier molecular flexibility index (Phi) is 5.27. The summed E-state index contributed by atoms with van der Waals surface area (Å²) in [5, 5.41) is 13.7. The number of carboxylic acid groups (broad SMARTS) is 1. The van der Waals surface area contributed by atoms with Gasteiger partial charge in [0.05, 0.1) is 16.5 Å². The average molecular weight is 406 g/mol. The number of carbonyl (C=O) groups is 1. The fraction of sp³-hybridized carbons (Fsp3) is 0.0455. The van der Waals surface area contributed by atoms with Crippen molar-refractivity contribution in [1.82, 2.24) is 9.97 Å². The van der Waals surface area contributed by atoms with Gasteiger partial charge < -0.3 is 15.2 Å². The second kappa shape index (κ2) is 8.16. The highest BCUT2D eigenvalue weighted by Gasteiger charge is 2.11. The van der Waals surface area contributed by atoms with Crippen molar-refractivity contribution in [2.45, 2.75) is 6.54 Å². The third-order valence-electron chi connectivity index (χ3n) is 4.32. The molecule has 7 heteroatoms. The lowest BCUT2D eigenvalue weighted by molar-refractivity contribution is 0.0697. The van der Waals surface area contributed by atoms with Crippen molar-refractivity contribution in [2.24, 2.45) is 0 Å². The molecule has 0 aliphatic rings. The molecule has 144 valence electrons. The average Bonchev–Trinajstić information content (AvgIpc) is 2.74. The number of ether oxygens (including phenoxy) is 1. The number of aromatic nitrogens is 2. The molecule has 0 spiro atoms. The van der Waals surface area contributed by atoms with Crippen LogP contribution in [0.5, 0.6) is 11.5 Å². The van der Waals surface area contributed by atoms with Gasteiger partial charge in [0.15, 0.2) is 0 Å². The van der Waals surface area contributed by atoms with Crippen molar-refractivity contribution in [3.05, 3.63) is 89.2 Å². The highest BCUT2D eigenvalue weighted by molar-refractivity contribution is 6.30. The van der Waals surface area contributed by atoms with Crippen LogP contribution in [-0.2, 0) is 6.54 Å². The van der Waals surface area contributed by atoms with Crippen LogP contribution in [0.4, 0.5) is 5.82 Å². The Balaban J connectivity index is 1.62. The largest absolute Gasteiger partial charge is 0.478 e. The molecular formula is C22H16ClN3O3. The maximum atomic E-state index is 11.0. The maximum absolute atomic E-state index is 11.0. The summed E-state index contributed by atoms with van der Waals surface area (Å²) in [5.74, 6) is 0.951. The SMILES string of the molecule is O=C(O)c1ccc(CNc2nccc3nccc(Oc4ccc(Cl)cc4)c23)cc1. The number of nitrogens with zero attached hydrogens (tertiary/aromatic N) is 2. The third-order valence-corrected chi connectivity index (χ3v) is 4.57. The van der Waals surface area contributed by atoms with Crippen LogP contribution in [0.3, 0.4) is 0 Å². The number of halogens is 1. The molecule has 0 fully saturated rings. The normalized spacial score (nSPS) is 10.7. The van der Waals surface area contributed by atoms with Crippen LogP contribution >= 0.6 is 11.6 Å². The number of hydrogen-bond acceptors (Lipinski definition) is 5. The number of aromatic carboxylic acids is 1. The third kappa shape index (κ3) is 4.28. The lowest BCUT2D eigenvalue weighted by Gasteiger charge is -2.13. The molecule has 0 aliphatic carbocycles. The number of benzene rings is 2. The van der Waals surface area contributed by atoms with Crippen molar-refractivity contribution in [3.63, 3.8) is 0 Å². The van der Waals surface area contributed by atoms with Gasteiger partial charge in [0, 0.05) is 24.0 Å². The quantitative estimate of drug-likeness (QED) is 0.447. The van der Waals surface area contributed by atoms with Crippen molar-refractivity contribution >= 4 is 34.3 Å². The topological polar surface area (TPSA) is 84.3 Å². The standard InChI is InChI=1S/C22H16ClN3O3/c23-16-5-7-17(8-6-16)29-19-10-12-24-18-9-11-25-21(20(18)19)26-13-14-1-3-15(4-2-14)22(27)28/h1-12H,13H2,(H,25,26)(H,27,28). The number of fused-ring (bicyclic) bond motifs is 1. The number of carboxylic acids is 1. The first-order valence-corrected chi connectivity index (χ1v) is 9.21. The van der Waals surface area contributed by atoms with Crippen LogP contribution in [-0.4, -0.2) is 21.0 Å².